The second-order valence-corrected chi connectivity index (χ2v) is 6.47. The topological polar surface area (TPSA) is 67.9 Å². The fourth-order valence-electron chi connectivity index (χ4n) is 3.13. The number of hydrogen-bond donors (Lipinski definition) is 1. The van der Waals surface area contributed by atoms with Gasteiger partial charge >= 0.3 is 12.0 Å². The zero-order chi connectivity index (χ0) is 20.1. The van der Waals surface area contributed by atoms with Crippen molar-refractivity contribution in [2.75, 3.05) is 13.7 Å². The minimum Gasteiger partial charge on any atom is -0.489 e. The van der Waals surface area contributed by atoms with Crippen molar-refractivity contribution in [3.63, 3.8) is 0 Å². The quantitative estimate of drug-likeness (QED) is 0.774. The van der Waals surface area contributed by atoms with Gasteiger partial charge in [0.15, 0.2) is 0 Å². The van der Waals surface area contributed by atoms with Gasteiger partial charge in [-0.15, -0.1) is 0 Å². The third-order valence-electron chi connectivity index (χ3n) is 4.72. The van der Waals surface area contributed by atoms with E-state index in [9.17, 15) is 9.59 Å². The van der Waals surface area contributed by atoms with E-state index in [-0.39, 0.29) is 12.6 Å². The number of nitrogens with one attached hydrogen (secondary N) is 1. The molecule has 0 saturated carbocycles. The molecule has 0 fully saturated rings. The van der Waals surface area contributed by atoms with Gasteiger partial charge in [0.05, 0.1) is 18.2 Å². The fraction of sp³-hybridized carbons (Fsp3) is 0.273. The molecule has 0 spiro atoms. The Morgan fingerprint density at radius 1 is 1.11 bits per heavy atom. The molecule has 0 radical (unpaired) electrons. The molecule has 1 aliphatic rings. The molecule has 0 unspecified atom stereocenters. The zero-order valence-electron chi connectivity index (χ0n) is 16.3. The Morgan fingerprint density at radius 3 is 2.50 bits per heavy atom. The summed E-state index contributed by atoms with van der Waals surface area (Å²) in [6.45, 7) is 4.14. The number of ether oxygens (including phenoxy) is 2. The lowest BCUT2D eigenvalue weighted by Crippen LogP contribution is -2.46. The van der Waals surface area contributed by atoms with E-state index in [0.29, 0.717) is 29.2 Å². The van der Waals surface area contributed by atoms with Crippen molar-refractivity contribution in [1.82, 2.24) is 10.2 Å². The minimum absolute atomic E-state index is 0.256. The summed E-state index contributed by atoms with van der Waals surface area (Å²) < 4.78 is 11.3. The van der Waals surface area contributed by atoms with E-state index in [2.05, 4.69) is 5.32 Å². The van der Waals surface area contributed by atoms with Gasteiger partial charge in [0.25, 0.3) is 0 Å². The Labute approximate surface area is 164 Å². The number of carbonyl (C=O) groups is 2. The van der Waals surface area contributed by atoms with Crippen LogP contribution in [0.3, 0.4) is 0 Å². The van der Waals surface area contributed by atoms with E-state index in [4.69, 9.17) is 9.47 Å². The Morgan fingerprint density at radius 2 is 1.79 bits per heavy atom. The largest absolute Gasteiger partial charge is 0.489 e. The lowest BCUT2D eigenvalue weighted by molar-refractivity contribution is -0.139. The van der Waals surface area contributed by atoms with Gasteiger partial charge in [-0.2, -0.15) is 0 Å². The van der Waals surface area contributed by atoms with Crippen LogP contribution in [0.1, 0.15) is 31.0 Å². The van der Waals surface area contributed by atoms with Gasteiger partial charge in [-0.1, -0.05) is 48.5 Å². The molecule has 0 bridgehead atoms. The molecule has 6 nitrogen and oxygen atoms in total. The first-order chi connectivity index (χ1) is 13.5. The molecule has 0 aliphatic carbocycles. The zero-order valence-corrected chi connectivity index (χ0v) is 16.3. The van der Waals surface area contributed by atoms with E-state index in [1.165, 1.54) is 4.90 Å². The van der Waals surface area contributed by atoms with Gasteiger partial charge < -0.3 is 19.7 Å². The van der Waals surface area contributed by atoms with E-state index in [0.717, 1.165) is 5.56 Å². The summed E-state index contributed by atoms with van der Waals surface area (Å²) in [4.78, 5) is 26.4. The highest BCUT2D eigenvalue weighted by molar-refractivity contribution is 5.95. The minimum atomic E-state index is -0.644. The number of urea groups is 1. The van der Waals surface area contributed by atoms with E-state index >= 15 is 0 Å². The van der Waals surface area contributed by atoms with Crippen molar-refractivity contribution in [2.45, 2.75) is 26.5 Å². The van der Waals surface area contributed by atoms with Crippen LogP contribution in [0.25, 0.3) is 0 Å². The standard InChI is InChI=1S/C22H24N2O4/c1-4-27-21(25)19-15(2)24(3)22(26)23-20(19)17-12-8-9-13-18(17)28-14-16-10-6-5-7-11-16/h5-13,20H,4,14H2,1-3H3,(H,23,26)/t20-/m0/s1. The van der Waals surface area contributed by atoms with Gasteiger partial charge in [-0.05, 0) is 25.5 Å². The van der Waals surface area contributed by atoms with Crippen molar-refractivity contribution < 1.29 is 19.1 Å². The Hall–Kier alpha value is -3.28. The van der Waals surface area contributed by atoms with Crippen LogP contribution < -0.4 is 10.1 Å². The molecule has 0 saturated heterocycles. The number of benzene rings is 2. The van der Waals surface area contributed by atoms with Gasteiger partial charge in [-0.25, -0.2) is 9.59 Å². The van der Waals surface area contributed by atoms with Crippen LogP contribution in [-0.2, 0) is 16.1 Å². The van der Waals surface area contributed by atoms with Gasteiger partial charge in [0.1, 0.15) is 12.4 Å². The number of hydrogen-bond acceptors (Lipinski definition) is 4. The first-order valence-electron chi connectivity index (χ1n) is 9.20. The van der Waals surface area contributed by atoms with E-state index in [1.807, 2.05) is 54.6 Å². The molecule has 0 aromatic heterocycles. The van der Waals surface area contributed by atoms with Crippen molar-refractivity contribution in [1.29, 1.82) is 0 Å². The highest BCUT2D eigenvalue weighted by Gasteiger charge is 2.36. The molecule has 1 N–H and O–H groups in total. The smallest absolute Gasteiger partial charge is 0.338 e. The molecule has 28 heavy (non-hydrogen) atoms. The molecule has 6 heteroatoms. The van der Waals surface area contributed by atoms with Crippen LogP contribution in [0.15, 0.2) is 65.9 Å². The summed E-state index contributed by atoms with van der Waals surface area (Å²) in [5.74, 6) is 0.158. The highest BCUT2D eigenvalue weighted by atomic mass is 16.5. The fourth-order valence-corrected chi connectivity index (χ4v) is 3.13. The molecular weight excluding hydrogens is 356 g/mol. The second-order valence-electron chi connectivity index (χ2n) is 6.47. The number of para-hydroxylation sites is 1. The first-order valence-corrected chi connectivity index (χ1v) is 9.20. The predicted molar refractivity (Wildman–Crippen MR) is 106 cm³/mol. The number of allylic oxidation sites excluding steroid dienone is 1. The van der Waals surface area contributed by atoms with Crippen LogP contribution in [0.2, 0.25) is 0 Å². The molecule has 3 rings (SSSR count). The maximum atomic E-state index is 12.6. The highest BCUT2D eigenvalue weighted by Crippen LogP contribution is 2.35. The molecular formula is C22H24N2O4. The maximum absolute atomic E-state index is 12.6. The van der Waals surface area contributed by atoms with Gasteiger partial charge in [0, 0.05) is 18.3 Å². The van der Waals surface area contributed by atoms with Crippen LogP contribution in [-0.4, -0.2) is 30.6 Å². The van der Waals surface area contributed by atoms with Crippen molar-refractivity contribution in [3.05, 3.63) is 77.0 Å². The molecule has 1 atom stereocenters. The lowest BCUT2D eigenvalue weighted by Gasteiger charge is -2.33. The number of esters is 1. The molecule has 1 aliphatic heterocycles. The monoisotopic (exact) mass is 380 g/mol. The summed E-state index contributed by atoms with van der Waals surface area (Å²) in [5.41, 5.74) is 2.70. The molecule has 2 amide bonds. The predicted octanol–water partition coefficient (Wildman–Crippen LogP) is 3.80. The number of nitrogens with zero attached hydrogens (tertiary/aromatic N) is 1. The summed E-state index contributed by atoms with van der Waals surface area (Å²) in [7, 11) is 1.62. The van der Waals surface area contributed by atoms with E-state index in [1.54, 1.807) is 20.9 Å². The third-order valence-corrected chi connectivity index (χ3v) is 4.72. The Balaban J connectivity index is 1.96. The summed E-state index contributed by atoms with van der Waals surface area (Å²) >= 11 is 0. The Kier molecular flexibility index (Phi) is 5.99. The summed E-state index contributed by atoms with van der Waals surface area (Å²) in [6.07, 6.45) is 0. The van der Waals surface area contributed by atoms with Crippen LogP contribution in [0.5, 0.6) is 5.75 Å². The van der Waals surface area contributed by atoms with Gasteiger partial charge in [-0.3, -0.25) is 0 Å². The normalized spacial score (nSPS) is 16.6. The summed E-state index contributed by atoms with van der Waals surface area (Å²) in [5, 5.41) is 2.89. The molecule has 1 heterocycles. The van der Waals surface area contributed by atoms with Crippen molar-refractivity contribution in [3.8, 4) is 5.75 Å². The summed E-state index contributed by atoms with van der Waals surface area (Å²) in [6, 6.07) is 16.3. The molecule has 2 aromatic carbocycles. The van der Waals surface area contributed by atoms with Crippen LogP contribution in [0.4, 0.5) is 4.79 Å². The molecule has 2 aromatic rings. The van der Waals surface area contributed by atoms with Gasteiger partial charge in [0.2, 0.25) is 0 Å². The van der Waals surface area contributed by atoms with Crippen molar-refractivity contribution >= 4 is 12.0 Å². The number of amides is 2. The number of carbonyl (C=O) groups excluding carboxylic acids is 2. The number of rotatable bonds is 6. The van der Waals surface area contributed by atoms with Crippen LogP contribution in [0, 0.1) is 0 Å². The average molecular weight is 380 g/mol. The third kappa shape index (κ3) is 4.01. The van der Waals surface area contributed by atoms with Crippen molar-refractivity contribution in [2.24, 2.45) is 0 Å². The van der Waals surface area contributed by atoms with Crippen LogP contribution >= 0.6 is 0 Å². The SMILES string of the molecule is CCOC(=O)C1=C(C)N(C)C(=O)N[C@H]1c1ccccc1OCc1ccccc1. The Bertz CT molecular complexity index is 892. The maximum Gasteiger partial charge on any atom is 0.338 e. The average Bonchev–Trinajstić information content (AvgIpc) is 2.71. The first kappa shape index (κ1) is 19.5. The molecule has 146 valence electrons. The van der Waals surface area contributed by atoms with E-state index < -0.39 is 12.0 Å². The lowest BCUT2D eigenvalue weighted by atomic mass is 9.94. The second kappa shape index (κ2) is 8.61.